The number of aromatic nitrogens is 4. The number of nitrogens with zero attached hydrogens (tertiary/aromatic N) is 5. The minimum atomic E-state index is -3.94. The van der Waals surface area contributed by atoms with Crippen molar-refractivity contribution >= 4 is 52.6 Å². The fourth-order valence-corrected chi connectivity index (χ4v) is 5.75. The monoisotopic (exact) mass is 593 g/mol. The van der Waals surface area contributed by atoms with Crippen LogP contribution in [0.2, 0.25) is 0 Å². The summed E-state index contributed by atoms with van der Waals surface area (Å²) >= 11 is 3.36. The molecule has 4 atom stereocenters. The molecule has 0 spiro atoms. The maximum Gasteiger partial charge on any atom is 0.459 e. The highest BCUT2D eigenvalue weighted by atomic mass is 79.9. The van der Waals surface area contributed by atoms with Crippen LogP contribution in [0, 0.1) is 5.92 Å². The molecule has 0 radical (unpaired) electrons. The maximum atomic E-state index is 13.6. The Morgan fingerprint density at radius 3 is 2.70 bits per heavy atom. The van der Waals surface area contributed by atoms with Crippen LogP contribution in [0.5, 0.6) is 5.75 Å². The molecule has 37 heavy (non-hydrogen) atoms. The molecule has 4 rings (SSSR count). The Morgan fingerprint density at radius 2 is 2.03 bits per heavy atom. The first-order valence-electron chi connectivity index (χ1n) is 11.5. The standard InChI is InChI=1S/C23H29BrN7O5P/c1-14(22(32)34-4)29-37(33,36-18-9-6-16(24)7-10-18)35-12-15-5-8-17(11-15)31-13-26-19-20(30(2)3)27-23(25)28-21(19)31/h5-10,13-15,17H,11-12H2,1-4H3,(H,29,33)(H2,25,27,28)/t14-,15+,17-,37?/m0/s1. The lowest BCUT2D eigenvalue weighted by Gasteiger charge is -2.24. The highest BCUT2D eigenvalue weighted by Gasteiger charge is 2.34. The Labute approximate surface area is 222 Å². The van der Waals surface area contributed by atoms with Gasteiger partial charge in [0.05, 0.1) is 26.1 Å². The number of benzene rings is 1. The van der Waals surface area contributed by atoms with Crippen LogP contribution < -0.4 is 20.2 Å². The Morgan fingerprint density at radius 1 is 1.30 bits per heavy atom. The molecule has 0 fully saturated rings. The number of nitrogens with one attached hydrogen (secondary N) is 1. The number of allylic oxidation sites excluding steroid dienone is 1. The summed E-state index contributed by atoms with van der Waals surface area (Å²) in [5.41, 5.74) is 7.22. The molecule has 1 aliphatic rings. The van der Waals surface area contributed by atoms with E-state index in [-0.39, 0.29) is 24.5 Å². The molecule has 14 heteroatoms. The third kappa shape index (κ3) is 6.30. The van der Waals surface area contributed by atoms with Gasteiger partial charge in [0.2, 0.25) is 5.95 Å². The molecule has 2 aromatic heterocycles. The summed E-state index contributed by atoms with van der Waals surface area (Å²) in [7, 11) is 1.05. The zero-order chi connectivity index (χ0) is 26.7. The molecular weight excluding hydrogens is 565 g/mol. The second-order valence-corrected chi connectivity index (χ2v) is 11.4. The number of hydrogen-bond acceptors (Lipinski definition) is 10. The molecule has 12 nitrogen and oxygen atoms in total. The van der Waals surface area contributed by atoms with E-state index in [4.69, 9.17) is 19.5 Å². The van der Waals surface area contributed by atoms with Gasteiger partial charge in [0.15, 0.2) is 17.0 Å². The van der Waals surface area contributed by atoms with Crippen LogP contribution in [0.1, 0.15) is 19.4 Å². The SMILES string of the molecule is COC(=O)[C@H](C)NP(=O)(OC[C@@H]1C=C[C@H](n2cnc3c(N(C)C)nc(N)nc32)C1)Oc1ccc(Br)cc1. The summed E-state index contributed by atoms with van der Waals surface area (Å²) in [6, 6.07) is 5.83. The topological polar surface area (TPSA) is 147 Å². The van der Waals surface area contributed by atoms with Gasteiger partial charge in [-0.15, -0.1) is 0 Å². The zero-order valence-corrected chi connectivity index (χ0v) is 23.3. The van der Waals surface area contributed by atoms with E-state index in [0.717, 1.165) is 4.47 Å². The van der Waals surface area contributed by atoms with Crippen LogP contribution in [0.25, 0.3) is 11.2 Å². The lowest BCUT2D eigenvalue weighted by Crippen LogP contribution is -2.34. The highest BCUT2D eigenvalue weighted by molar-refractivity contribution is 9.10. The first-order chi connectivity index (χ1) is 17.6. The van der Waals surface area contributed by atoms with E-state index in [1.165, 1.54) is 14.0 Å². The molecule has 0 aliphatic heterocycles. The van der Waals surface area contributed by atoms with Crippen LogP contribution in [0.3, 0.4) is 0 Å². The number of carbonyl (C=O) groups excluding carboxylic acids is 1. The van der Waals surface area contributed by atoms with Crippen molar-refractivity contribution in [2.45, 2.75) is 25.4 Å². The first kappa shape index (κ1) is 27.1. The number of nitrogens with two attached hydrogens (primary N) is 1. The molecule has 2 heterocycles. The Balaban J connectivity index is 1.48. The normalized spacial score (nSPS) is 19.5. The van der Waals surface area contributed by atoms with Crippen molar-refractivity contribution in [1.29, 1.82) is 0 Å². The predicted octanol–water partition coefficient (Wildman–Crippen LogP) is 3.71. The summed E-state index contributed by atoms with van der Waals surface area (Å²) in [6.45, 7) is 1.62. The van der Waals surface area contributed by atoms with Crippen LogP contribution >= 0.6 is 23.7 Å². The van der Waals surface area contributed by atoms with Crippen molar-refractivity contribution in [3.63, 3.8) is 0 Å². The van der Waals surface area contributed by atoms with Crippen molar-refractivity contribution in [2.75, 3.05) is 38.4 Å². The van der Waals surface area contributed by atoms with Crippen molar-refractivity contribution < 1.29 is 23.1 Å². The zero-order valence-electron chi connectivity index (χ0n) is 20.9. The highest BCUT2D eigenvalue weighted by Crippen LogP contribution is 2.46. The second kappa shape index (κ2) is 11.2. The van der Waals surface area contributed by atoms with Gasteiger partial charge in [-0.05, 0) is 37.6 Å². The van der Waals surface area contributed by atoms with Crippen LogP contribution in [-0.2, 0) is 18.6 Å². The van der Waals surface area contributed by atoms with Gasteiger partial charge in [-0.3, -0.25) is 9.32 Å². The van der Waals surface area contributed by atoms with E-state index in [2.05, 4.69) is 36.0 Å². The number of nitrogen functional groups attached to an aromatic ring is 1. The minimum absolute atomic E-state index is 0.0587. The fraction of sp³-hybridized carbons (Fsp3) is 0.391. The van der Waals surface area contributed by atoms with Gasteiger partial charge >= 0.3 is 13.7 Å². The number of halogens is 1. The van der Waals surface area contributed by atoms with E-state index in [0.29, 0.717) is 29.2 Å². The third-order valence-corrected chi connectivity index (χ3v) is 7.93. The van der Waals surface area contributed by atoms with Gasteiger partial charge in [0, 0.05) is 24.5 Å². The summed E-state index contributed by atoms with van der Waals surface area (Å²) < 4.78 is 32.7. The fourth-order valence-electron chi connectivity index (χ4n) is 3.94. The number of carbonyl (C=O) groups is 1. The van der Waals surface area contributed by atoms with Gasteiger partial charge in [0.25, 0.3) is 0 Å². The van der Waals surface area contributed by atoms with E-state index < -0.39 is 19.8 Å². The maximum absolute atomic E-state index is 13.6. The molecule has 1 aromatic carbocycles. The largest absolute Gasteiger partial charge is 0.468 e. The predicted molar refractivity (Wildman–Crippen MR) is 143 cm³/mol. The summed E-state index contributed by atoms with van der Waals surface area (Å²) in [6.07, 6.45) is 6.37. The van der Waals surface area contributed by atoms with Crippen molar-refractivity contribution in [1.82, 2.24) is 24.6 Å². The number of fused-ring (bicyclic) bond motifs is 1. The molecule has 0 saturated carbocycles. The molecule has 198 valence electrons. The molecule has 1 unspecified atom stereocenters. The lowest BCUT2D eigenvalue weighted by atomic mass is 10.1. The van der Waals surface area contributed by atoms with Crippen molar-refractivity contribution in [3.8, 4) is 5.75 Å². The average molecular weight is 594 g/mol. The Hall–Kier alpha value is -2.99. The number of hydrogen-bond donors (Lipinski definition) is 2. The van der Waals surface area contributed by atoms with Crippen LogP contribution in [0.15, 0.2) is 47.2 Å². The number of rotatable bonds is 10. The van der Waals surface area contributed by atoms with Crippen molar-refractivity contribution in [2.24, 2.45) is 5.92 Å². The van der Waals surface area contributed by atoms with E-state index in [1.807, 2.05) is 35.7 Å². The molecule has 0 saturated heterocycles. The van der Waals surface area contributed by atoms with Gasteiger partial charge < -0.3 is 24.5 Å². The quantitative estimate of drug-likeness (QED) is 0.201. The Kier molecular flexibility index (Phi) is 8.17. The summed E-state index contributed by atoms with van der Waals surface area (Å²) in [5.74, 6) is 0.466. The lowest BCUT2D eigenvalue weighted by molar-refractivity contribution is -0.142. The molecule has 3 N–H and O–H groups in total. The number of methoxy groups -OCH3 is 1. The van der Waals surface area contributed by atoms with E-state index >= 15 is 0 Å². The summed E-state index contributed by atoms with van der Waals surface area (Å²) in [5, 5.41) is 2.67. The van der Waals surface area contributed by atoms with Crippen LogP contribution in [-0.4, -0.2) is 59.3 Å². The summed E-state index contributed by atoms with van der Waals surface area (Å²) in [4.78, 5) is 27.0. The van der Waals surface area contributed by atoms with E-state index in [9.17, 15) is 9.36 Å². The van der Waals surface area contributed by atoms with E-state index in [1.54, 1.807) is 30.6 Å². The van der Waals surface area contributed by atoms with Crippen molar-refractivity contribution in [3.05, 3.63) is 47.2 Å². The molecular formula is C23H29BrN7O5P. The third-order valence-electron chi connectivity index (χ3n) is 5.76. The average Bonchev–Trinajstić information content (AvgIpc) is 3.50. The van der Waals surface area contributed by atoms with Gasteiger partial charge in [0.1, 0.15) is 11.8 Å². The number of ether oxygens (including phenoxy) is 1. The molecule has 1 aliphatic carbocycles. The molecule has 3 aromatic rings. The van der Waals surface area contributed by atoms with Gasteiger partial charge in [-0.2, -0.15) is 15.1 Å². The first-order valence-corrected chi connectivity index (χ1v) is 13.8. The Bertz CT molecular complexity index is 1350. The molecule has 0 bridgehead atoms. The van der Waals surface area contributed by atoms with Gasteiger partial charge in [-0.25, -0.2) is 9.55 Å². The minimum Gasteiger partial charge on any atom is -0.468 e. The van der Waals surface area contributed by atoms with Crippen LogP contribution in [0.4, 0.5) is 11.8 Å². The molecule has 0 amide bonds. The number of anilines is 2. The number of esters is 1. The smallest absolute Gasteiger partial charge is 0.459 e. The number of imidazole rings is 1. The van der Waals surface area contributed by atoms with Gasteiger partial charge in [-0.1, -0.05) is 28.1 Å². The second-order valence-electron chi connectivity index (χ2n) is 8.78.